The predicted octanol–water partition coefficient (Wildman–Crippen LogP) is 1.33. The minimum atomic E-state index is -1.04. The first-order valence-corrected chi connectivity index (χ1v) is 10.7. The van der Waals surface area contributed by atoms with Crippen LogP contribution in [0, 0.1) is 11.8 Å². The predicted molar refractivity (Wildman–Crippen MR) is 109 cm³/mol. The number of hydrogen-bond donors (Lipinski definition) is 2. The van der Waals surface area contributed by atoms with E-state index in [9.17, 15) is 14.7 Å². The maximum Gasteiger partial charge on any atom is 0.252 e. The van der Waals surface area contributed by atoms with E-state index in [4.69, 9.17) is 11.6 Å². The van der Waals surface area contributed by atoms with E-state index >= 15 is 0 Å². The molecule has 1 unspecified atom stereocenters. The van der Waals surface area contributed by atoms with E-state index in [1.54, 1.807) is 23.1 Å². The number of nitrogens with zero attached hydrogens (tertiary/aromatic N) is 5. The molecule has 2 N–H and O–H groups in total. The molecule has 4 rings (SSSR count). The Balaban J connectivity index is 1.45. The highest BCUT2D eigenvalue weighted by Crippen LogP contribution is 2.49. The van der Waals surface area contributed by atoms with Gasteiger partial charge in [0.15, 0.2) is 0 Å². The first kappa shape index (κ1) is 20.7. The van der Waals surface area contributed by atoms with Gasteiger partial charge in [0.1, 0.15) is 18.5 Å². The second kappa shape index (κ2) is 8.69. The Hall–Kier alpha value is -2.52. The molecule has 4 atom stereocenters. The highest BCUT2D eigenvalue weighted by Gasteiger charge is 2.57. The van der Waals surface area contributed by atoms with Crippen LogP contribution in [-0.2, 0) is 16.1 Å². The van der Waals surface area contributed by atoms with Crippen molar-refractivity contribution in [2.45, 2.75) is 51.3 Å². The lowest BCUT2D eigenvalue weighted by Gasteiger charge is -2.28. The van der Waals surface area contributed by atoms with Gasteiger partial charge in [-0.2, -0.15) is 0 Å². The third-order valence-corrected chi connectivity index (χ3v) is 6.14. The summed E-state index contributed by atoms with van der Waals surface area (Å²) in [5, 5.41) is 24.9. The molecule has 2 aliphatic rings. The summed E-state index contributed by atoms with van der Waals surface area (Å²) in [5.41, 5.74) is 1.47. The monoisotopic (exact) mass is 432 g/mol. The highest BCUT2D eigenvalue weighted by atomic mass is 35.5. The van der Waals surface area contributed by atoms with Crippen LogP contribution in [0.1, 0.15) is 38.2 Å². The molecule has 10 heteroatoms. The maximum atomic E-state index is 13.0. The van der Waals surface area contributed by atoms with Crippen LogP contribution in [-0.4, -0.2) is 60.7 Å². The number of amides is 2. The Morgan fingerprint density at radius 1 is 1.40 bits per heavy atom. The Morgan fingerprint density at radius 3 is 2.97 bits per heavy atom. The molecule has 1 aliphatic heterocycles. The number of aliphatic hydroxyl groups excluding tert-OH is 1. The van der Waals surface area contributed by atoms with Crippen LogP contribution in [0.3, 0.4) is 0 Å². The van der Waals surface area contributed by atoms with Gasteiger partial charge in [-0.3, -0.25) is 9.59 Å². The number of carbonyl (C=O) groups is 2. The van der Waals surface area contributed by atoms with Crippen LogP contribution in [0.15, 0.2) is 24.5 Å². The molecular formula is C20H25ClN6O3. The van der Waals surface area contributed by atoms with E-state index in [1.807, 2.05) is 6.92 Å². The van der Waals surface area contributed by atoms with Gasteiger partial charge in [0.2, 0.25) is 5.91 Å². The molecule has 160 valence electrons. The molecule has 2 fully saturated rings. The summed E-state index contributed by atoms with van der Waals surface area (Å²) in [5.74, 6) is -0.0247. The number of piperidine rings is 1. The average molecular weight is 433 g/mol. The summed E-state index contributed by atoms with van der Waals surface area (Å²) in [6, 6.07) is 4.74. The normalized spacial score (nSPS) is 23.2. The van der Waals surface area contributed by atoms with Gasteiger partial charge >= 0.3 is 0 Å². The summed E-state index contributed by atoms with van der Waals surface area (Å²) in [4.78, 5) is 27.3. The molecular weight excluding hydrogens is 408 g/mol. The fourth-order valence-electron chi connectivity index (χ4n) is 4.22. The smallest absolute Gasteiger partial charge is 0.252 e. The Kier molecular flexibility index (Phi) is 6.01. The molecule has 2 amide bonds. The van der Waals surface area contributed by atoms with Gasteiger partial charge in [-0.25, -0.2) is 4.68 Å². The van der Waals surface area contributed by atoms with Gasteiger partial charge < -0.3 is 15.3 Å². The molecule has 2 heterocycles. The number of halogens is 1. The number of hydrogen-bond acceptors (Lipinski definition) is 6. The molecule has 2 aromatic rings. The summed E-state index contributed by atoms with van der Waals surface area (Å²) in [6.07, 6.45) is 3.48. The van der Waals surface area contributed by atoms with Gasteiger partial charge in [-0.15, -0.1) is 5.10 Å². The summed E-state index contributed by atoms with van der Waals surface area (Å²) in [7, 11) is 0. The van der Waals surface area contributed by atoms with Gasteiger partial charge in [-0.1, -0.05) is 31.4 Å². The highest BCUT2D eigenvalue weighted by molar-refractivity contribution is 6.30. The van der Waals surface area contributed by atoms with Crippen molar-refractivity contribution in [1.29, 1.82) is 0 Å². The van der Waals surface area contributed by atoms with Crippen molar-refractivity contribution in [3.63, 3.8) is 0 Å². The second-order valence-corrected chi connectivity index (χ2v) is 8.43. The summed E-state index contributed by atoms with van der Waals surface area (Å²) < 4.78 is 1.50. The fourth-order valence-corrected chi connectivity index (χ4v) is 4.41. The fraction of sp³-hybridized carbons (Fsp3) is 0.550. The summed E-state index contributed by atoms with van der Waals surface area (Å²) >= 11 is 6.14. The largest absolute Gasteiger partial charge is 0.383 e. The van der Waals surface area contributed by atoms with Crippen LogP contribution in [0.4, 0.5) is 0 Å². The van der Waals surface area contributed by atoms with Crippen molar-refractivity contribution >= 4 is 23.4 Å². The van der Waals surface area contributed by atoms with Crippen molar-refractivity contribution < 1.29 is 14.7 Å². The number of carbonyl (C=O) groups excluding carboxylic acids is 2. The summed E-state index contributed by atoms with van der Waals surface area (Å²) in [6.45, 7) is 2.78. The second-order valence-electron chi connectivity index (χ2n) is 8.00. The Morgan fingerprint density at radius 2 is 2.23 bits per heavy atom. The van der Waals surface area contributed by atoms with E-state index in [1.165, 1.54) is 11.0 Å². The Labute approximate surface area is 179 Å². The van der Waals surface area contributed by atoms with Crippen molar-refractivity contribution in [2.24, 2.45) is 11.8 Å². The van der Waals surface area contributed by atoms with Crippen molar-refractivity contribution in [3.05, 3.63) is 35.1 Å². The molecule has 0 radical (unpaired) electrons. The van der Waals surface area contributed by atoms with E-state index < -0.39 is 12.1 Å². The number of aromatic nitrogens is 4. The zero-order valence-corrected chi connectivity index (χ0v) is 17.5. The van der Waals surface area contributed by atoms with Crippen LogP contribution >= 0.6 is 11.6 Å². The number of benzene rings is 1. The molecule has 30 heavy (non-hydrogen) atoms. The molecule has 0 spiro atoms. The van der Waals surface area contributed by atoms with Crippen molar-refractivity contribution in [2.75, 3.05) is 6.54 Å². The molecule has 9 nitrogen and oxygen atoms in total. The van der Waals surface area contributed by atoms with Gasteiger partial charge in [0.05, 0.1) is 5.69 Å². The molecule has 1 aliphatic carbocycles. The number of likely N-dealkylation sites (tertiary alicyclic amines) is 1. The lowest BCUT2D eigenvalue weighted by atomic mass is 10.1. The first-order chi connectivity index (χ1) is 14.5. The van der Waals surface area contributed by atoms with E-state index in [2.05, 4.69) is 20.8 Å². The van der Waals surface area contributed by atoms with Crippen LogP contribution in [0.5, 0.6) is 0 Å². The van der Waals surface area contributed by atoms with E-state index in [0.717, 1.165) is 24.8 Å². The number of rotatable bonds is 8. The number of unbranched alkanes of at least 4 members (excludes halogenated alkanes) is 1. The average Bonchev–Trinajstić information content (AvgIpc) is 3.15. The third-order valence-electron chi connectivity index (χ3n) is 5.91. The zero-order chi connectivity index (χ0) is 21.3. The third kappa shape index (κ3) is 4.17. The standard InChI is InChI=1S/C20H25ClN6O3/c1-2-3-4-17(28)20(30)26-10-13-8-15(13)18(26)19(29)22-9-12-7-14(21)5-6-16(12)27-11-23-24-25-27/h5-7,11,13,15,17-18,28H,2-4,8-10H2,1H3,(H,22,29)/t13-,15-,17?,18+/m1/s1. The van der Waals surface area contributed by atoms with Crippen LogP contribution in [0.25, 0.3) is 5.69 Å². The molecule has 1 aromatic heterocycles. The van der Waals surface area contributed by atoms with Gasteiger partial charge in [0, 0.05) is 18.1 Å². The van der Waals surface area contributed by atoms with E-state index in [0.29, 0.717) is 29.6 Å². The molecule has 1 aromatic carbocycles. The van der Waals surface area contributed by atoms with Crippen molar-refractivity contribution in [1.82, 2.24) is 30.4 Å². The van der Waals surface area contributed by atoms with E-state index in [-0.39, 0.29) is 24.3 Å². The Bertz CT molecular complexity index is 921. The molecule has 0 bridgehead atoms. The van der Waals surface area contributed by atoms with Gasteiger partial charge in [-0.05, 0) is 58.9 Å². The lowest BCUT2D eigenvalue weighted by molar-refractivity contribution is -0.146. The number of aliphatic hydroxyl groups is 1. The zero-order valence-electron chi connectivity index (χ0n) is 16.7. The minimum absolute atomic E-state index is 0.172. The van der Waals surface area contributed by atoms with Crippen LogP contribution < -0.4 is 5.32 Å². The maximum absolute atomic E-state index is 13.0. The van der Waals surface area contributed by atoms with Crippen LogP contribution in [0.2, 0.25) is 5.02 Å². The topological polar surface area (TPSA) is 113 Å². The number of tetrazole rings is 1. The quantitative estimate of drug-likeness (QED) is 0.650. The first-order valence-electron chi connectivity index (χ1n) is 10.3. The van der Waals surface area contributed by atoms with Gasteiger partial charge in [0.25, 0.3) is 5.91 Å². The molecule has 1 saturated carbocycles. The number of fused-ring (bicyclic) bond motifs is 1. The lowest BCUT2D eigenvalue weighted by Crippen LogP contribution is -2.51. The minimum Gasteiger partial charge on any atom is -0.383 e. The molecule has 1 saturated heterocycles. The van der Waals surface area contributed by atoms with Crippen molar-refractivity contribution in [3.8, 4) is 5.69 Å². The number of nitrogens with one attached hydrogen (secondary N) is 1. The SMILES string of the molecule is CCCCC(O)C(=O)N1C[C@H]2C[C@H]2[C@H]1C(=O)NCc1cc(Cl)ccc1-n1cnnn1.